The van der Waals surface area contributed by atoms with Gasteiger partial charge >= 0.3 is 0 Å². The number of anilines is 1. The highest BCUT2D eigenvalue weighted by Crippen LogP contribution is 2.21. The van der Waals surface area contributed by atoms with Crippen LogP contribution in [-0.4, -0.2) is 18.4 Å². The summed E-state index contributed by atoms with van der Waals surface area (Å²) in [6, 6.07) is 13.1. The highest BCUT2D eigenvalue weighted by Gasteiger charge is 2.12. The van der Waals surface area contributed by atoms with Crippen molar-refractivity contribution in [3.8, 4) is 5.75 Å². The van der Waals surface area contributed by atoms with Crippen molar-refractivity contribution in [1.82, 2.24) is 0 Å². The van der Waals surface area contributed by atoms with Gasteiger partial charge in [0.1, 0.15) is 11.6 Å². The van der Waals surface area contributed by atoms with Crippen LogP contribution in [0.5, 0.6) is 5.75 Å². The number of benzene rings is 2. The number of ether oxygens (including phenoxy) is 1. The largest absolute Gasteiger partial charge is 0.493 e. The van der Waals surface area contributed by atoms with Crippen LogP contribution >= 0.6 is 0 Å². The van der Waals surface area contributed by atoms with Gasteiger partial charge in [0.15, 0.2) is 0 Å². The number of carbonyl (C=O) groups excluding carboxylic acids is 2. The number of amides is 2. The predicted molar refractivity (Wildman–Crippen MR) is 93.8 cm³/mol. The Morgan fingerprint density at radius 1 is 1.20 bits per heavy atom. The molecule has 0 aliphatic rings. The molecule has 5 nitrogen and oxygen atoms in total. The van der Waals surface area contributed by atoms with Crippen molar-refractivity contribution in [3.05, 3.63) is 59.9 Å². The van der Waals surface area contributed by atoms with Crippen LogP contribution in [0.2, 0.25) is 0 Å². The quantitative estimate of drug-likeness (QED) is 0.771. The monoisotopic (exact) mass is 344 g/mol. The molecule has 1 atom stereocenters. The molecule has 132 valence electrons. The summed E-state index contributed by atoms with van der Waals surface area (Å²) in [4.78, 5) is 22.8. The fraction of sp³-hybridized carbons (Fsp3) is 0.263. The maximum atomic E-state index is 13.2. The number of nitrogens with one attached hydrogen (secondary N) is 1. The summed E-state index contributed by atoms with van der Waals surface area (Å²) in [7, 11) is 0. The van der Waals surface area contributed by atoms with Gasteiger partial charge in [-0.25, -0.2) is 4.39 Å². The van der Waals surface area contributed by atoms with Gasteiger partial charge in [0.25, 0.3) is 0 Å². The van der Waals surface area contributed by atoms with E-state index in [0.29, 0.717) is 11.4 Å². The molecule has 1 unspecified atom stereocenters. The second kappa shape index (κ2) is 8.82. The van der Waals surface area contributed by atoms with Gasteiger partial charge in [-0.15, -0.1) is 0 Å². The minimum Gasteiger partial charge on any atom is -0.493 e. The number of rotatable bonds is 8. The normalized spacial score (nSPS) is 11.6. The number of primary amides is 1. The minimum absolute atomic E-state index is 0.0906. The van der Waals surface area contributed by atoms with E-state index in [4.69, 9.17) is 10.5 Å². The van der Waals surface area contributed by atoms with Crippen LogP contribution < -0.4 is 15.8 Å². The number of hydrogen-bond donors (Lipinski definition) is 2. The lowest BCUT2D eigenvalue weighted by molar-refractivity contribution is -0.118. The average molecular weight is 344 g/mol. The maximum Gasteiger partial charge on any atom is 0.224 e. The molecule has 0 radical (unpaired) electrons. The van der Waals surface area contributed by atoms with Crippen molar-refractivity contribution >= 4 is 17.5 Å². The van der Waals surface area contributed by atoms with E-state index >= 15 is 0 Å². The van der Waals surface area contributed by atoms with E-state index in [1.54, 1.807) is 36.4 Å². The molecule has 6 heteroatoms. The zero-order chi connectivity index (χ0) is 18.2. The van der Waals surface area contributed by atoms with Gasteiger partial charge in [-0.3, -0.25) is 9.59 Å². The van der Waals surface area contributed by atoms with Crippen molar-refractivity contribution in [1.29, 1.82) is 0 Å². The maximum absolute atomic E-state index is 13.2. The summed E-state index contributed by atoms with van der Waals surface area (Å²) in [5, 5.41) is 2.80. The molecule has 0 saturated heterocycles. The Labute approximate surface area is 146 Å². The van der Waals surface area contributed by atoms with Crippen LogP contribution in [0.25, 0.3) is 0 Å². The third-order valence-electron chi connectivity index (χ3n) is 3.66. The molecule has 2 amide bonds. The van der Waals surface area contributed by atoms with Crippen LogP contribution in [0.4, 0.5) is 10.1 Å². The summed E-state index contributed by atoms with van der Waals surface area (Å²) in [6.07, 6.45) is 0.400. The van der Waals surface area contributed by atoms with E-state index in [1.165, 1.54) is 12.1 Å². The van der Waals surface area contributed by atoms with Crippen LogP contribution in [0.15, 0.2) is 48.5 Å². The molecule has 2 aromatic rings. The van der Waals surface area contributed by atoms with E-state index in [-0.39, 0.29) is 37.1 Å². The van der Waals surface area contributed by atoms with Crippen molar-refractivity contribution < 1.29 is 18.7 Å². The first-order valence-corrected chi connectivity index (χ1v) is 8.00. The molecule has 0 saturated carbocycles. The fourth-order valence-corrected chi connectivity index (χ4v) is 2.33. The zero-order valence-corrected chi connectivity index (χ0v) is 14.0. The van der Waals surface area contributed by atoms with Crippen LogP contribution in [0.1, 0.15) is 31.2 Å². The van der Waals surface area contributed by atoms with Gasteiger partial charge in [-0.1, -0.05) is 19.1 Å². The van der Waals surface area contributed by atoms with E-state index in [0.717, 1.165) is 5.56 Å². The molecule has 2 rings (SSSR count). The number of hydrogen-bond acceptors (Lipinski definition) is 3. The zero-order valence-electron chi connectivity index (χ0n) is 14.0. The Hall–Kier alpha value is -2.89. The predicted octanol–water partition coefficient (Wildman–Crippen LogP) is 3.21. The first-order valence-electron chi connectivity index (χ1n) is 8.00. The molecule has 0 bridgehead atoms. The van der Waals surface area contributed by atoms with Crippen LogP contribution in [0.3, 0.4) is 0 Å². The van der Waals surface area contributed by atoms with E-state index in [1.807, 2.05) is 6.92 Å². The number of nitrogens with two attached hydrogens (primary N) is 1. The first kappa shape index (κ1) is 18.4. The third-order valence-corrected chi connectivity index (χ3v) is 3.66. The number of carbonyl (C=O) groups is 2. The lowest BCUT2D eigenvalue weighted by atomic mass is 9.97. The smallest absolute Gasteiger partial charge is 0.224 e. The SMILES string of the molecule is CC(CC(=O)Nc1ccc(OCCC(N)=O)cc1)c1cccc(F)c1. The van der Waals surface area contributed by atoms with Gasteiger partial charge in [-0.05, 0) is 47.9 Å². The standard InChI is InChI=1S/C19H21FN2O3/c1-13(14-3-2-4-15(20)12-14)11-19(24)22-16-5-7-17(8-6-16)25-10-9-18(21)23/h2-8,12-13H,9-11H2,1H3,(H2,21,23)(H,22,24). The summed E-state index contributed by atoms with van der Waals surface area (Å²) >= 11 is 0. The molecule has 0 spiro atoms. The van der Waals surface area contributed by atoms with E-state index in [9.17, 15) is 14.0 Å². The average Bonchev–Trinajstić information content (AvgIpc) is 2.56. The fourth-order valence-electron chi connectivity index (χ4n) is 2.33. The Bertz CT molecular complexity index is 732. The second-order valence-corrected chi connectivity index (χ2v) is 5.80. The van der Waals surface area contributed by atoms with Crippen molar-refractivity contribution in [2.45, 2.75) is 25.7 Å². The Kier molecular flexibility index (Phi) is 6.51. The van der Waals surface area contributed by atoms with Crippen molar-refractivity contribution in [2.24, 2.45) is 5.73 Å². The lowest BCUT2D eigenvalue weighted by Gasteiger charge is -2.12. The van der Waals surface area contributed by atoms with Gasteiger partial charge in [0.2, 0.25) is 11.8 Å². The molecule has 0 aliphatic heterocycles. The Morgan fingerprint density at radius 2 is 1.92 bits per heavy atom. The Morgan fingerprint density at radius 3 is 2.56 bits per heavy atom. The highest BCUT2D eigenvalue weighted by atomic mass is 19.1. The topological polar surface area (TPSA) is 81.4 Å². The Balaban J connectivity index is 1.84. The first-order chi connectivity index (χ1) is 11.9. The molecule has 0 aliphatic carbocycles. The summed E-state index contributed by atoms with van der Waals surface area (Å²) in [5.41, 5.74) is 6.46. The van der Waals surface area contributed by atoms with Gasteiger partial charge in [0, 0.05) is 12.1 Å². The second-order valence-electron chi connectivity index (χ2n) is 5.80. The number of halogens is 1. The molecule has 0 heterocycles. The van der Waals surface area contributed by atoms with Crippen molar-refractivity contribution in [2.75, 3.05) is 11.9 Å². The lowest BCUT2D eigenvalue weighted by Crippen LogP contribution is -2.15. The van der Waals surface area contributed by atoms with Crippen LogP contribution in [-0.2, 0) is 9.59 Å². The molecule has 0 fully saturated rings. The summed E-state index contributed by atoms with van der Waals surface area (Å²) < 4.78 is 18.6. The minimum atomic E-state index is -0.420. The molecular formula is C19H21FN2O3. The highest BCUT2D eigenvalue weighted by molar-refractivity contribution is 5.91. The summed E-state index contributed by atoms with van der Waals surface area (Å²) in [6.45, 7) is 2.09. The molecule has 2 aromatic carbocycles. The summed E-state index contributed by atoms with van der Waals surface area (Å²) in [5.74, 6) is -0.383. The van der Waals surface area contributed by atoms with Gasteiger partial charge < -0.3 is 15.8 Å². The van der Waals surface area contributed by atoms with E-state index in [2.05, 4.69) is 5.32 Å². The van der Waals surface area contributed by atoms with Crippen LogP contribution in [0, 0.1) is 5.82 Å². The molecule has 25 heavy (non-hydrogen) atoms. The van der Waals surface area contributed by atoms with Gasteiger partial charge in [0.05, 0.1) is 13.0 Å². The van der Waals surface area contributed by atoms with Gasteiger partial charge in [-0.2, -0.15) is 0 Å². The molecular weight excluding hydrogens is 323 g/mol. The molecule has 3 N–H and O–H groups in total. The molecule has 0 aromatic heterocycles. The third kappa shape index (κ3) is 6.25. The van der Waals surface area contributed by atoms with Crippen molar-refractivity contribution in [3.63, 3.8) is 0 Å². The van der Waals surface area contributed by atoms with E-state index < -0.39 is 5.91 Å².